The van der Waals surface area contributed by atoms with Gasteiger partial charge < -0.3 is 15.1 Å². The molecule has 0 aliphatic carbocycles. The Bertz CT molecular complexity index is 491. The number of carbonyl (C=O) groups is 1. The van der Waals surface area contributed by atoms with Crippen molar-refractivity contribution in [2.45, 2.75) is 6.42 Å². The molecule has 0 fully saturated rings. The van der Waals surface area contributed by atoms with Crippen molar-refractivity contribution in [1.82, 2.24) is 10.3 Å². The monoisotopic (exact) mass is 245 g/mol. The molecule has 0 saturated heterocycles. The molecule has 0 unspecified atom stereocenters. The smallest absolute Gasteiger partial charge is 0.225 e. The van der Waals surface area contributed by atoms with Crippen LogP contribution in [-0.2, 0) is 4.79 Å². The molecule has 0 spiro atoms. The number of nitrogens with one attached hydrogen (secondary N) is 2. The van der Waals surface area contributed by atoms with Crippen molar-refractivity contribution in [1.29, 1.82) is 0 Å². The summed E-state index contributed by atoms with van der Waals surface area (Å²) in [6, 6.07) is 7.45. The molecule has 1 aromatic carbocycles. The van der Waals surface area contributed by atoms with Gasteiger partial charge in [-0.25, -0.2) is 4.98 Å². The molecule has 2 aromatic rings. The molecule has 1 amide bonds. The Morgan fingerprint density at radius 3 is 2.72 bits per heavy atom. The Hall–Kier alpha value is -2.14. The molecule has 0 saturated carbocycles. The molecule has 1 heterocycles. The highest BCUT2D eigenvalue weighted by atomic mass is 16.3. The van der Waals surface area contributed by atoms with E-state index in [4.69, 9.17) is 4.42 Å². The summed E-state index contributed by atoms with van der Waals surface area (Å²) in [7, 11) is 1.82. The lowest BCUT2D eigenvalue weighted by molar-refractivity contribution is -0.116. The molecule has 0 aliphatic heterocycles. The van der Waals surface area contributed by atoms with Crippen LogP contribution in [0.3, 0.4) is 0 Å². The Balaban J connectivity index is 1.98. The third-order valence-corrected chi connectivity index (χ3v) is 2.49. The number of nitrogens with zero attached hydrogens (tertiary/aromatic N) is 1. The second-order valence-corrected chi connectivity index (χ2v) is 3.84. The van der Waals surface area contributed by atoms with Crippen LogP contribution in [0.4, 0.5) is 5.69 Å². The van der Waals surface area contributed by atoms with Crippen LogP contribution >= 0.6 is 0 Å². The van der Waals surface area contributed by atoms with E-state index in [-0.39, 0.29) is 5.91 Å². The van der Waals surface area contributed by atoms with Crippen molar-refractivity contribution in [3.8, 4) is 11.3 Å². The molecule has 94 valence electrons. The number of amides is 1. The summed E-state index contributed by atoms with van der Waals surface area (Å²) in [6.45, 7) is 0.669. The first-order chi connectivity index (χ1) is 8.79. The Morgan fingerprint density at radius 2 is 2.11 bits per heavy atom. The highest BCUT2D eigenvalue weighted by Gasteiger charge is 2.03. The fourth-order valence-corrected chi connectivity index (χ4v) is 1.54. The zero-order valence-electron chi connectivity index (χ0n) is 10.1. The van der Waals surface area contributed by atoms with Gasteiger partial charge in [-0.05, 0) is 31.3 Å². The molecular formula is C13H15N3O2. The van der Waals surface area contributed by atoms with Gasteiger partial charge in [-0.2, -0.15) is 0 Å². The van der Waals surface area contributed by atoms with E-state index in [1.54, 1.807) is 6.20 Å². The molecule has 2 rings (SSSR count). The minimum absolute atomic E-state index is 0.00300. The molecular weight excluding hydrogens is 230 g/mol. The zero-order chi connectivity index (χ0) is 12.8. The molecule has 5 heteroatoms. The molecule has 0 aliphatic rings. The van der Waals surface area contributed by atoms with E-state index in [9.17, 15) is 4.79 Å². The predicted octanol–water partition coefficient (Wildman–Crippen LogP) is 1.89. The Labute approximate surface area is 105 Å². The standard InChI is InChI=1S/C13H15N3O2/c1-14-7-6-13(17)16-11-4-2-10(3-5-11)12-8-15-9-18-12/h2-5,8-9,14H,6-7H2,1H3,(H,16,17). The zero-order valence-corrected chi connectivity index (χ0v) is 10.1. The molecule has 0 radical (unpaired) electrons. The third-order valence-electron chi connectivity index (χ3n) is 2.49. The van der Waals surface area contributed by atoms with Crippen molar-refractivity contribution in [3.05, 3.63) is 36.9 Å². The molecule has 5 nitrogen and oxygen atoms in total. The number of oxazole rings is 1. The van der Waals surface area contributed by atoms with Gasteiger partial charge in [0.2, 0.25) is 5.91 Å². The first-order valence-corrected chi connectivity index (χ1v) is 5.73. The minimum atomic E-state index is -0.00300. The first kappa shape index (κ1) is 12.3. The fraction of sp³-hybridized carbons (Fsp3) is 0.231. The average molecular weight is 245 g/mol. The highest BCUT2D eigenvalue weighted by molar-refractivity contribution is 5.91. The molecule has 1 aromatic heterocycles. The van der Waals surface area contributed by atoms with Crippen molar-refractivity contribution in [2.75, 3.05) is 18.9 Å². The molecule has 0 atom stereocenters. The second-order valence-electron chi connectivity index (χ2n) is 3.84. The van der Waals surface area contributed by atoms with E-state index in [1.807, 2.05) is 31.3 Å². The van der Waals surface area contributed by atoms with Gasteiger partial charge >= 0.3 is 0 Å². The summed E-state index contributed by atoms with van der Waals surface area (Å²) in [5, 5.41) is 5.76. The van der Waals surface area contributed by atoms with E-state index in [2.05, 4.69) is 15.6 Å². The summed E-state index contributed by atoms with van der Waals surface area (Å²) in [6.07, 6.45) is 3.50. The van der Waals surface area contributed by atoms with Crippen molar-refractivity contribution in [3.63, 3.8) is 0 Å². The van der Waals surface area contributed by atoms with Gasteiger partial charge in [0.1, 0.15) is 0 Å². The van der Waals surface area contributed by atoms with Crippen molar-refractivity contribution >= 4 is 11.6 Å². The van der Waals surface area contributed by atoms with Crippen LogP contribution in [0.2, 0.25) is 0 Å². The minimum Gasteiger partial charge on any atom is -0.444 e. The lowest BCUT2D eigenvalue weighted by atomic mass is 10.1. The number of aromatic nitrogens is 1. The van der Waals surface area contributed by atoms with Gasteiger partial charge in [0.05, 0.1) is 6.20 Å². The maximum atomic E-state index is 11.5. The van der Waals surface area contributed by atoms with E-state index in [0.717, 1.165) is 11.3 Å². The van der Waals surface area contributed by atoms with E-state index in [0.29, 0.717) is 18.7 Å². The lowest BCUT2D eigenvalue weighted by Crippen LogP contribution is -2.18. The molecule has 0 bridgehead atoms. The van der Waals surface area contributed by atoms with Gasteiger partial charge in [0, 0.05) is 24.2 Å². The number of hydrogen-bond donors (Lipinski definition) is 2. The third kappa shape index (κ3) is 3.18. The van der Waals surface area contributed by atoms with E-state index in [1.165, 1.54) is 6.39 Å². The summed E-state index contributed by atoms with van der Waals surface area (Å²) < 4.78 is 5.19. The Kier molecular flexibility index (Phi) is 4.09. The van der Waals surface area contributed by atoms with Crippen LogP contribution in [-0.4, -0.2) is 24.5 Å². The number of hydrogen-bond acceptors (Lipinski definition) is 4. The van der Waals surface area contributed by atoms with Crippen LogP contribution in [0, 0.1) is 0 Å². The maximum Gasteiger partial charge on any atom is 0.225 e. The van der Waals surface area contributed by atoms with Crippen LogP contribution < -0.4 is 10.6 Å². The molecule has 18 heavy (non-hydrogen) atoms. The topological polar surface area (TPSA) is 67.2 Å². The summed E-state index contributed by atoms with van der Waals surface area (Å²) in [4.78, 5) is 15.4. The summed E-state index contributed by atoms with van der Waals surface area (Å²) in [5.74, 6) is 0.708. The number of carbonyl (C=O) groups excluding carboxylic acids is 1. The molecule has 2 N–H and O–H groups in total. The van der Waals surface area contributed by atoms with E-state index >= 15 is 0 Å². The number of rotatable bonds is 5. The van der Waals surface area contributed by atoms with Gasteiger partial charge in [0.15, 0.2) is 12.2 Å². The highest BCUT2D eigenvalue weighted by Crippen LogP contribution is 2.20. The SMILES string of the molecule is CNCCC(=O)Nc1ccc(-c2cnco2)cc1. The lowest BCUT2D eigenvalue weighted by Gasteiger charge is -2.05. The van der Waals surface area contributed by atoms with Crippen LogP contribution in [0.1, 0.15) is 6.42 Å². The average Bonchev–Trinajstić information content (AvgIpc) is 2.91. The van der Waals surface area contributed by atoms with Gasteiger partial charge in [-0.1, -0.05) is 0 Å². The van der Waals surface area contributed by atoms with Crippen LogP contribution in [0.25, 0.3) is 11.3 Å². The second kappa shape index (κ2) is 5.97. The Morgan fingerprint density at radius 1 is 1.33 bits per heavy atom. The summed E-state index contributed by atoms with van der Waals surface area (Å²) >= 11 is 0. The van der Waals surface area contributed by atoms with Crippen molar-refractivity contribution < 1.29 is 9.21 Å². The first-order valence-electron chi connectivity index (χ1n) is 5.73. The largest absolute Gasteiger partial charge is 0.444 e. The van der Waals surface area contributed by atoms with E-state index < -0.39 is 0 Å². The number of benzene rings is 1. The van der Waals surface area contributed by atoms with Gasteiger partial charge in [0.25, 0.3) is 0 Å². The predicted molar refractivity (Wildman–Crippen MR) is 69.1 cm³/mol. The summed E-state index contributed by atoms with van der Waals surface area (Å²) in [5.41, 5.74) is 1.71. The maximum absolute atomic E-state index is 11.5. The van der Waals surface area contributed by atoms with Gasteiger partial charge in [-0.15, -0.1) is 0 Å². The van der Waals surface area contributed by atoms with Crippen molar-refractivity contribution in [2.24, 2.45) is 0 Å². The quantitative estimate of drug-likeness (QED) is 0.844. The number of anilines is 1. The van der Waals surface area contributed by atoms with Crippen LogP contribution in [0.15, 0.2) is 41.3 Å². The van der Waals surface area contributed by atoms with Crippen LogP contribution in [0.5, 0.6) is 0 Å². The normalized spacial score (nSPS) is 10.3. The van der Waals surface area contributed by atoms with Gasteiger partial charge in [-0.3, -0.25) is 4.79 Å². The fourth-order valence-electron chi connectivity index (χ4n) is 1.54.